The molecule has 0 aromatic rings. The summed E-state index contributed by atoms with van der Waals surface area (Å²) in [5.74, 6) is -0.964. The van der Waals surface area contributed by atoms with Gasteiger partial charge >= 0.3 is 5.97 Å². The van der Waals surface area contributed by atoms with Gasteiger partial charge in [0.15, 0.2) is 0 Å². The molecule has 1 rings (SSSR count). The lowest BCUT2D eigenvalue weighted by Gasteiger charge is -2.40. The highest BCUT2D eigenvalue weighted by Gasteiger charge is 2.40. The maximum Gasteiger partial charge on any atom is 0.305 e. The van der Waals surface area contributed by atoms with Crippen LogP contribution in [0, 0.1) is 5.41 Å². The Bertz CT molecular complexity index is 332. The average Bonchev–Trinajstić information content (AvgIpc) is 2.37. The second-order valence-electron chi connectivity index (χ2n) is 5.98. The van der Waals surface area contributed by atoms with Gasteiger partial charge in [-0.1, -0.05) is 26.2 Å². The molecular weight excluding hydrogens is 244 g/mol. The first-order valence-electron chi connectivity index (χ1n) is 7.12. The van der Waals surface area contributed by atoms with Crippen molar-refractivity contribution in [2.45, 2.75) is 64.3 Å². The van der Waals surface area contributed by atoms with E-state index in [4.69, 9.17) is 10.8 Å². The van der Waals surface area contributed by atoms with Gasteiger partial charge in [0.2, 0.25) is 5.91 Å². The normalized spacial score (nSPS) is 21.4. The molecule has 0 aromatic carbocycles. The number of hydrogen-bond acceptors (Lipinski definition) is 3. The molecule has 1 atom stereocenters. The third-order valence-corrected chi connectivity index (χ3v) is 4.46. The summed E-state index contributed by atoms with van der Waals surface area (Å²) in [6.45, 7) is 4.04. The number of nitrogens with one attached hydrogen (secondary N) is 1. The van der Waals surface area contributed by atoms with E-state index in [0.29, 0.717) is 6.42 Å². The summed E-state index contributed by atoms with van der Waals surface area (Å²) >= 11 is 0. The van der Waals surface area contributed by atoms with Crippen molar-refractivity contribution in [3.63, 3.8) is 0 Å². The summed E-state index contributed by atoms with van der Waals surface area (Å²) in [5, 5.41) is 12.1. The van der Waals surface area contributed by atoms with Gasteiger partial charge in [-0.2, -0.15) is 0 Å². The Hall–Kier alpha value is -1.10. The summed E-state index contributed by atoms with van der Waals surface area (Å²) in [5.41, 5.74) is 4.51. The summed E-state index contributed by atoms with van der Waals surface area (Å²) in [6, 6.07) is 0. The molecule has 19 heavy (non-hydrogen) atoms. The zero-order chi connectivity index (χ0) is 14.5. The van der Waals surface area contributed by atoms with Crippen molar-refractivity contribution >= 4 is 11.9 Å². The minimum Gasteiger partial charge on any atom is -0.481 e. The van der Waals surface area contributed by atoms with Crippen LogP contribution in [0.15, 0.2) is 0 Å². The molecule has 1 amide bonds. The molecule has 5 heteroatoms. The molecule has 1 saturated carbocycles. The van der Waals surface area contributed by atoms with Crippen LogP contribution in [0.1, 0.15) is 58.8 Å². The Morgan fingerprint density at radius 1 is 1.32 bits per heavy atom. The van der Waals surface area contributed by atoms with Gasteiger partial charge in [-0.3, -0.25) is 9.59 Å². The summed E-state index contributed by atoms with van der Waals surface area (Å²) < 4.78 is 0. The Labute approximate surface area is 114 Å². The minimum absolute atomic E-state index is 0.00308. The summed E-state index contributed by atoms with van der Waals surface area (Å²) in [4.78, 5) is 23.5. The third-order valence-electron chi connectivity index (χ3n) is 4.46. The highest BCUT2D eigenvalue weighted by Crippen LogP contribution is 2.32. The quantitative estimate of drug-likeness (QED) is 0.684. The highest BCUT2D eigenvalue weighted by atomic mass is 16.4. The maximum absolute atomic E-state index is 12.4. The van der Waals surface area contributed by atoms with Crippen LogP contribution in [0.5, 0.6) is 0 Å². The number of carbonyl (C=O) groups excluding carboxylic acids is 1. The van der Waals surface area contributed by atoms with Crippen molar-refractivity contribution in [1.29, 1.82) is 0 Å². The van der Waals surface area contributed by atoms with Gasteiger partial charge in [0.1, 0.15) is 0 Å². The van der Waals surface area contributed by atoms with Crippen LogP contribution in [0.25, 0.3) is 0 Å². The first-order chi connectivity index (χ1) is 8.87. The Morgan fingerprint density at radius 3 is 2.32 bits per heavy atom. The largest absolute Gasteiger partial charge is 0.481 e. The predicted octanol–water partition coefficient (Wildman–Crippen LogP) is 1.66. The van der Waals surface area contributed by atoms with E-state index in [-0.39, 0.29) is 18.9 Å². The molecule has 1 fully saturated rings. The van der Waals surface area contributed by atoms with Crippen molar-refractivity contribution in [3.8, 4) is 0 Å². The van der Waals surface area contributed by atoms with Gasteiger partial charge in [0.25, 0.3) is 0 Å². The van der Waals surface area contributed by atoms with Crippen LogP contribution in [0.3, 0.4) is 0 Å². The van der Waals surface area contributed by atoms with E-state index in [2.05, 4.69) is 5.32 Å². The molecular formula is C14H26N2O3. The fourth-order valence-electron chi connectivity index (χ4n) is 2.65. The monoisotopic (exact) mass is 270 g/mol. The molecule has 0 aliphatic heterocycles. The van der Waals surface area contributed by atoms with Crippen LogP contribution < -0.4 is 11.1 Å². The molecule has 1 unspecified atom stereocenters. The topological polar surface area (TPSA) is 92.4 Å². The number of carbonyl (C=O) groups is 2. The number of hydrogen-bond donors (Lipinski definition) is 3. The fourth-order valence-corrected chi connectivity index (χ4v) is 2.65. The molecule has 0 bridgehead atoms. The molecule has 0 heterocycles. The number of amides is 1. The van der Waals surface area contributed by atoms with Crippen LogP contribution in [0.2, 0.25) is 0 Å². The van der Waals surface area contributed by atoms with Crippen molar-refractivity contribution in [3.05, 3.63) is 0 Å². The second kappa shape index (κ2) is 6.37. The van der Waals surface area contributed by atoms with E-state index in [0.717, 1.165) is 32.1 Å². The molecule has 1 aliphatic carbocycles. The van der Waals surface area contributed by atoms with Gasteiger partial charge in [0, 0.05) is 6.54 Å². The number of nitrogens with two attached hydrogens (primary N) is 1. The molecule has 0 aromatic heterocycles. The van der Waals surface area contributed by atoms with Crippen LogP contribution >= 0.6 is 0 Å². The van der Waals surface area contributed by atoms with Gasteiger partial charge in [-0.05, 0) is 26.2 Å². The van der Waals surface area contributed by atoms with Gasteiger partial charge < -0.3 is 16.2 Å². The first-order valence-corrected chi connectivity index (χ1v) is 7.12. The smallest absolute Gasteiger partial charge is 0.305 e. The lowest BCUT2D eigenvalue weighted by atomic mass is 9.77. The SMILES string of the molecule is CCC(C)(CN)C(=O)NC1(CC(=O)O)CCCCC1. The number of aliphatic carboxylic acids is 1. The van der Waals surface area contributed by atoms with Gasteiger partial charge in [-0.25, -0.2) is 0 Å². The standard InChI is InChI=1S/C14H26N2O3/c1-3-13(2,10-15)12(19)16-14(9-11(17)18)7-5-4-6-8-14/h3-10,15H2,1-2H3,(H,16,19)(H,17,18). The van der Waals surface area contributed by atoms with E-state index in [1.807, 2.05) is 13.8 Å². The molecule has 0 radical (unpaired) electrons. The number of carboxylic acid groups (broad SMARTS) is 1. The minimum atomic E-state index is -0.854. The molecule has 0 spiro atoms. The van der Waals surface area contributed by atoms with Crippen LogP contribution in [-0.2, 0) is 9.59 Å². The van der Waals surface area contributed by atoms with Crippen LogP contribution in [-0.4, -0.2) is 29.1 Å². The Morgan fingerprint density at radius 2 is 1.89 bits per heavy atom. The van der Waals surface area contributed by atoms with E-state index in [1.54, 1.807) is 0 Å². The number of carboxylic acids is 1. The maximum atomic E-state index is 12.4. The molecule has 110 valence electrons. The van der Waals surface area contributed by atoms with E-state index < -0.39 is 16.9 Å². The van der Waals surface area contributed by atoms with Crippen molar-refractivity contribution < 1.29 is 14.7 Å². The fraction of sp³-hybridized carbons (Fsp3) is 0.857. The van der Waals surface area contributed by atoms with Crippen molar-refractivity contribution in [2.24, 2.45) is 11.1 Å². The lowest BCUT2D eigenvalue weighted by Crippen LogP contribution is -2.56. The van der Waals surface area contributed by atoms with Crippen molar-refractivity contribution in [2.75, 3.05) is 6.54 Å². The zero-order valence-corrected chi connectivity index (χ0v) is 12.0. The third kappa shape index (κ3) is 3.93. The average molecular weight is 270 g/mol. The highest BCUT2D eigenvalue weighted by molar-refractivity contribution is 5.84. The molecule has 4 N–H and O–H groups in total. The molecule has 1 aliphatic rings. The molecule has 5 nitrogen and oxygen atoms in total. The first kappa shape index (κ1) is 16.0. The van der Waals surface area contributed by atoms with E-state index >= 15 is 0 Å². The van der Waals surface area contributed by atoms with Crippen molar-refractivity contribution in [1.82, 2.24) is 5.32 Å². The van der Waals surface area contributed by atoms with E-state index in [9.17, 15) is 9.59 Å². The molecule has 0 saturated heterocycles. The predicted molar refractivity (Wildman–Crippen MR) is 73.7 cm³/mol. The van der Waals surface area contributed by atoms with Crippen LogP contribution in [0.4, 0.5) is 0 Å². The number of rotatable bonds is 6. The Kier molecular flexibility index (Phi) is 5.35. The zero-order valence-electron chi connectivity index (χ0n) is 12.0. The lowest BCUT2D eigenvalue weighted by molar-refractivity contribution is -0.140. The second-order valence-corrected chi connectivity index (χ2v) is 5.98. The van der Waals surface area contributed by atoms with Gasteiger partial charge in [0.05, 0.1) is 17.4 Å². The summed E-state index contributed by atoms with van der Waals surface area (Å²) in [7, 11) is 0. The van der Waals surface area contributed by atoms with Gasteiger partial charge in [-0.15, -0.1) is 0 Å². The summed E-state index contributed by atoms with van der Waals surface area (Å²) in [6.07, 6.45) is 5.20. The Balaban J connectivity index is 2.82. The van der Waals surface area contributed by atoms with E-state index in [1.165, 1.54) is 0 Å².